The van der Waals surface area contributed by atoms with Gasteiger partial charge >= 0.3 is 0 Å². The minimum atomic E-state index is 0.179. The summed E-state index contributed by atoms with van der Waals surface area (Å²) in [6.07, 6.45) is 3.55. The third-order valence-corrected chi connectivity index (χ3v) is 1.43. The van der Waals surface area contributed by atoms with Crippen molar-refractivity contribution in [3.05, 3.63) is 30.1 Å². The molecule has 1 aromatic heterocycles. The van der Waals surface area contributed by atoms with Gasteiger partial charge in [-0.1, -0.05) is 18.7 Å². The molecule has 1 heterocycles. The summed E-state index contributed by atoms with van der Waals surface area (Å²) < 4.78 is 0. The molecule has 0 saturated heterocycles. The van der Waals surface area contributed by atoms with E-state index >= 15 is 0 Å². The number of rotatable bonds is 1. The zero-order valence-corrected chi connectivity index (χ0v) is 6.06. The second-order valence-electron chi connectivity index (χ2n) is 1.93. The molecule has 0 aliphatic carbocycles. The number of hydrogen-bond acceptors (Lipinski definition) is 1. The van der Waals surface area contributed by atoms with Gasteiger partial charge in [0.05, 0.1) is 0 Å². The van der Waals surface area contributed by atoms with E-state index in [4.69, 9.17) is 12.6 Å². The largest absolute Gasteiger partial charge is 0.264 e. The average molecular weight is 138 g/mol. The van der Waals surface area contributed by atoms with Crippen LogP contribution in [0.5, 0.6) is 0 Å². The topological polar surface area (TPSA) is 12.9 Å². The third kappa shape index (κ3) is 1.72. The van der Waals surface area contributed by atoms with Crippen molar-refractivity contribution < 1.29 is 0 Å². The first-order valence-corrected chi connectivity index (χ1v) is 3.33. The maximum absolute atomic E-state index is 5.01. The Balaban J connectivity index is 2.85. The molecule has 0 fully saturated rings. The van der Waals surface area contributed by atoms with Gasteiger partial charge < -0.3 is 0 Å². The lowest BCUT2D eigenvalue weighted by Gasteiger charge is -1.98. The summed E-state index contributed by atoms with van der Waals surface area (Å²) >= 11 is 5.01. The third-order valence-electron chi connectivity index (χ3n) is 1.15. The van der Waals surface area contributed by atoms with E-state index < -0.39 is 0 Å². The molecule has 1 rings (SSSR count). The van der Waals surface area contributed by atoms with Crippen LogP contribution in [0.3, 0.4) is 0 Å². The SMILES string of the molecule is CC([S])c1cccnc1. The van der Waals surface area contributed by atoms with Crippen LogP contribution in [0.1, 0.15) is 17.7 Å². The van der Waals surface area contributed by atoms with Gasteiger partial charge in [-0.3, -0.25) is 4.98 Å². The molecule has 0 aromatic carbocycles. The summed E-state index contributed by atoms with van der Waals surface area (Å²) in [5.41, 5.74) is 1.12. The predicted octanol–water partition coefficient (Wildman–Crippen LogP) is 2.34. The lowest BCUT2D eigenvalue weighted by molar-refractivity contribution is 1.08. The van der Waals surface area contributed by atoms with Gasteiger partial charge in [0.15, 0.2) is 0 Å². The van der Waals surface area contributed by atoms with Gasteiger partial charge in [0.1, 0.15) is 0 Å². The van der Waals surface area contributed by atoms with Gasteiger partial charge in [-0.25, -0.2) is 0 Å². The Morgan fingerprint density at radius 3 is 2.78 bits per heavy atom. The molecule has 1 nitrogen and oxygen atoms in total. The fourth-order valence-corrected chi connectivity index (χ4v) is 0.756. The van der Waals surface area contributed by atoms with E-state index in [0.717, 1.165) is 5.56 Å². The smallest absolute Gasteiger partial charge is 0.0388 e. The molecule has 47 valence electrons. The quantitative estimate of drug-likeness (QED) is 0.580. The first kappa shape index (κ1) is 6.62. The number of aromatic nitrogens is 1. The Bertz CT molecular complexity index is 172. The van der Waals surface area contributed by atoms with Crippen molar-refractivity contribution in [2.24, 2.45) is 0 Å². The minimum Gasteiger partial charge on any atom is -0.264 e. The fraction of sp³-hybridized carbons (Fsp3) is 0.286. The zero-order valence-electron chi connectivity index (χ0n) is 5.24. The molecule has 1 atom stereocenters. The highest BCUT2D eigenvalue weighted by Gasteiger charge is 1.96. The Morgan fingerprint density at radius 2 is 2.44 bits per heavy atom. The van der Waals surface area contributed by atoms with Crippen LogP contribution in [0, 0.1) is 0 Å². The normalized spacial score (nSPS) is 13.1. The summed E-state index contributed by atoms with van der Waals surface area (Å²) in [5, 5.41) is 0.179. The highest BCUT2D eigenvalue weighted by Crippen LogP contribution is 2.15. The van der Waals surface area contributed by atoms with Gasteiger partial charge in [0.2, 0.25) is 0 Å². The summed E-state index contributed by atoms with van der Waals surface area (Å²) in [5.74, 6) is 0. The van der Waals surface area contributed by atoms with E-state index in [0.29, 0.717) is 0 Å². The highest BCUT2D eigenvalue weighted by molar-refractivity contribution is 7.80. The highest BCUT2D eigenvalue weighted by atomic mass is 32.1. The van der Waals surface area contributed by atoms with Crippen LogP contribution in [0.4, 0.5) is 0 Å². The molecule has 0 amide bonds. The molecule has 0 saturated carbocycles. The van der Waals surface area contributed by atoms with E-state index in [1.165, 1.54) is 0 Å². The number of nitrogens with zero attached hydrogens (tertiary/aromatic N) is 1. The lowest BCUT2D eigenvalue weighted by Crippen LogP contribution is -1.83. The summed E-state index contributed by atoms with van der Waals surface area (Å²) in [4.78, 5) is 3.94. The maximum atomic E-state index is 5.01. The van der Waals surface area contributed by atoms with Crippen LogP contribution in [0.2, 0.25) is 0 Å². The molecular weight excluding hydrogens is 130 g/mol. The van der Waals surface area contributed by atoms with E-state index in [1.807, 2.05) is 19.1 Å². The van der Waals surface area contributed by atoms with Gasteiger partial charge in [-0.05, 0) is 18.6 Å². The predicted molar refractivity (Wildman–Crippen MR) is 40.2 cm³/mol. The molecule has 1 radical (unpaired) electrons. The average Bonchev–Trinajstić information content (AvgIpc) is 1.90. The molecule has 1 unspecified atom stereocenters. The van der Waals surface area contributed by atoms with Crippen molar-refractivity contribution in [1.29, 1.82) is 0 Å². The Labute approximate surface area is 60.5 Å². The van der Waals surface area contributed by atoms with Crippen LogP contribution < -0.4 is 0 Å². The summed E-state index contributed by atoms with van der Waals surface area (Å²) in [6.45, 7) is 1.98. The Morgan fingerprint density at radius 1 is 1.67 bits per heavy atom. The van der Waals surface area contributed by atoms with Gasteiger partial charge in [-0.2, -0.15) is 0 Å². The monoisotopic (exact) mass is 138 g/mol. The Kier molecular flexibility index (Phi) is 2.11. The van der Waals surface area contributed by atoms with E-state index in [9.17, 15) is 0 Å². The first-order valence-electron chi connectivity index (χ1n) is 2.86. The number of hydrogen-bond donors (Lipinski definition) is 0. The Hall–Kier alpha value is -0.500. The molecule has 0 N–H and O–H groups in total. The van der Waals surface area contributed by atoms with Crippen molar-refractivity contribution in [2.45, 2.75) is 12.2 Å². The number of pyridine rings is 1. The van der Waals surface area contributed by atoms with Crippen molar-refractivity contribution in [3.8, 4) is 0 Å². The standard InChI is InChI=1S/C7H8NS/c1-6(9)7-3-2-4-8-5-7/h2-6H,1H3. The molecule has 0 spiro atoms. The van der Waals surface area contributed by atoms with Gasteiger partial charge in [-0.15, -0.1) is 0 Å². The van der Waals surface area contributed by atoms with Crippen molar-refractivity contribution in [3.63, 3.8) is 0 Å². The van der Waals surface area contributed by atoms with Gasteiger partial charge in [0.25, 0.3) is 0 Å². The van der Waals surface area contributed by atoms with Crippen molar-refractivity contribution in [2.75, 3.05) is 0 Å². The summed E-state index contributed by atoms with van der Waals surface area (Å²) in [7, 11) is 0. The van der Waals surface area contributed by atoms with Crippen molar-refractivity contribution >= 4 is 12.6 Å². The molecule has 0 aliphatic rings. The molecule has 0 aliphatic heterocycles. The van der Waals surface area contributed by atoms with Crippen LogP contribution in [0.25, 0.3) is 0 Å². The van der Waals surface area contributed by atoms with Crippen LogP contribution in [-0.2, 0) is 0 Å². The van der Waals surface area contributed by atoms with Crippen LogP contribution >= 0.6 is 12.6 Å². The molecule has 0 bridgehead atoms. The second kappa shape index (κ2) is 2.87. The lowest BCUT2D eigenvalue weighted by atomic mass is 10.2. The summed E-state index contributed by atoms with van der Waals surface area (Å²) in [6, 6.07) is 3.89. The molecule has 1 aromatic rings. The first-order chi connectivity index (χ1) is 4.30. The van der Waals surface area contributed by atoms with E-state index in [-0.39, 0.29) is 5.25 Å². The van der Waals surface area contributed by atoms with E-state index in [2.05, 4.69) is 4.98 Å². The van der Waals surface area contributed by atoms with E-state index in [1.54, 1.807) is 12.4 Å². The van der Waals surface area contributed by atoms with Gasteiger partial charge in [0, 0.05) is 17.6 Å². The fourth-order valence-electron chi connectivity index (χ4n) is 0.616. The zero-order chi connectivity index (χ0) is 6.69. The van der Waals surface area contributed by atoms with Crippen molar-refractivity contribution in [1.82, 2.24) is 4.98 Å². The minimum absolute atomic E-state index is 0.179. The molecule has 2 heteroatoms. The second-order valence-corrected chi connectivity index (χ2v) is 2.64. The maximum Gasteiger partial charge on any atom is 0.0388 e. The molecular formula is C7H8NS. The van der Waals surface area contributed by atoms with Crippen LogP contribution in [0.15, 0.2) is 24.5 Å². The molecule has 9 heavy (non-hydrogen) atoms. The van der Waals surface area contributed by atoms with Crippen LogP contribution in [-0.4, -0.2) is 4.98 Å².